The SMILES string of the molecule is Cc1ccc(S(=O)(=O)OC2CC[C@]3(C)[C@H]4CC[C@@H]5C6C7OC[C@@]6(CCC7(C)C)CC[C@@]5(C)[C@]4(C)CC[C@H]3C2(C)C)cc1. The molecular weight excluding hydrogens is 540 g/mol. The lowest BCUT2D eigenvalue weighted by Gasteiger charge is -2.73. The molecule has 0 radical (unpaired) electrons. The number of fused-ring (bicyclic) bond motifs is 5. The summed E-state index contributed by atoms with van der Waals surface area (Å²) in [6.45, 7) is 20.5. The second kappa shape index (κ2) is 9.09. The molecule has 2 bridgehead atoms. The molecule has 6 aliphatic rings. The highest BCUT2D eigenvalue weighted by Crippen LogP contribution is 2.78. The van der Waals surface area contributed by atoms with Gasteiger partial charge in [-0.25, -0.2) is 0 Å². The minimum Gasteiger partial charge on any atom is -0.377 e. The van der Waals surface area contributed by atoms with E-state index in [-0.39, 0.29) is 27.2 Å². The van der Waals surface area contributed by atoms with Crippen LogP contribution in [-0.2, 0) is 19.0 Å². The summed E-state index contributed by atoms with van der Waals surface area (Å²) in [7, 11) is -3.80. The van der Waals surface area contributed by atoms with Crippen LogP contribution in [0.4, 0.5) is 0 Å². The molecule has 5 heteroatoms. The zero-order chi connectivity index (χ0) is 30.1. The van der Waals surface area contributed by atoms with Crippen molar-refractivity contribution in [3.05, 3.63) is 29.8 Å². The van der Waals surface area contributed by atoms with Crippen molar-refractivity contribution in [1.29, 1.82) is 0 Å². The fourth-order valence-corrected chi connectivity index (χ4v) is 14.3. The largest absolute Gasteiger partial charge is 0.377 e. The van der Waals surface area contributed by atoms with Crippen LogP contribution in [0, 0.1) is 63.1 Å². The maximum absolute atomic E-state index is 13.4. The summed E-state index contributed by atoms with van der Waals surface area (Å²) in [6, 6.07) is 7.10. The molecule has 10 atom stereocenters. The summed E-state index contributed by atoms with van der Waals surface area (Å²) in [6.07, 6.45) is 12.4. The normalized spacial score (nSPS) is 48.9. The minimum absolute atomic E-state index is 0.203. The predicted octanol–water partition coefficient (Wildman–Crippen LogP) is 8.96. The first-order valence-electron chi connectivity index (χ1n) is 17.1. The molecule has 7 rings (SSSR count). The first-order chi connectivity index (χ1) is 19.5. The molecular formula is C37H56O4S. The van der Waals surface area contributed by atoms with Crippen LogP contribution in [0.2, 0.25) is 0 Å². The van der Waals surface area contributed by atoms with Crippen LogP contribution in [-0.4, -0.2) is 27.2 Å². The van der Waals surface area contributed by atoms with Gasteiger partial charge in [-0.15, -0.1) is 0 Å². The maximum atomic E-state index is 13.4. The van der Waals surface area contributed by atoms with Crippen molar-refractivity contribution in [1.82, 2.24) is 0 Å². The van der Waals surface area contributed by atoms with E-state index in [1.165, 1.54) is 51.4 Å². The van der Waals surface area contributed by atoms with Crippen molar-refractivity contribution >= 4 is 10.1 Å². The monoisotopic (exact) mass is 596 g/mol. The second-order valence-electron chi connectivity index (χ2n) is 18.0. The van der Waals surface area contributed by atoms with Crippen LogP contribution in [0.5, 0.6) is 0 Å². The Bertz CT molecular complexity index is 1350. The van der Waals surface area contributed by atoms with Crippen molar-refractivity contribution in [2.75, 3.05) is 6.61 Å². The Morgan fingerprint density at radius 2 is 1.45 bits per heavy atom. The molecule has 5 aliphatic carbocycles. The molecule has 0 aromatic heterocycles. The Labute approximate surface area is 256 Å². The minimum atomic E-state index is -3.80. The van der Waals surface area contributed by atoms with Crippen LogP contribution in [0.1, 0.15) is 118 Å². The van der Waals surface area contributed by atoms with Gasteiger partial charge in [0.1, 0.15) is 0 Å². The van der Waals surface area contributed by atoms with Crippen molar-refractivity contribution < 1.29 is 17.3 Å². The fraction of sp³-hybridized carbons (Fsp3) is 0.838. The lowest BCUT2D eigenvalue weighted by Crippen LogP contribution is -2.67. The lowest BCUT2D eigenvalue weighted by atomic mass is 9.31. The highest BCUT2D eigenvalue weighted by atomic mass is 32.2. The van der Waals surface area contributed by atoms with Crippen molar-refractivity contribution in [2.45, 2.75) is 137 Å². The van der Waals surface area contributed by atoms with E-state index in [1.807, 2.05) is 19.1 Å². The molecule has 1 saturated heterocycles. The van der Waals surface area contributed by atoms with Crippen molar-refractivity contribution in [2.24, 2.45) is 56.2 Å². The quantitative estimate of drug-likeness (QED) is 0.327. The second-order valence-corrected chi connectivity index (χ2v) is 19.6. The van der Waals surface area contributed by atoms with Crippen molar-refractivity contribution in [3.63, 3.8) is 0 Å². The van der Waals surface area contributed by atoms with Crippen LogP contribution in [0.3, 0.4) is 0 Å². The van der Waals surface area contributed by atoms with Crippen LogP contribution < -0.4 is 0 Å². The Morgan fingerprint density at radius 3 is 2.17 bits per heavy atom. The Morgan fingerprint density at radius 1 is 0.762 bits per heavy atom. The predicted molar refractivity (Wildman–Crippen MR) is 167 cm³/mol. The van der Waals surface area contributed by atoms with E-state index in [0.29, 0.717) is 34.2 Å². The van der Waals surface area contributed by atoms with Gasteiger partial charge in [-0.3, -0.25) is 4.18 Å². The average Bonchev–Trinajstić information content (AvgIpc) is 3.25. The smallest absolute Gasteiger partial charge is 0.297 e. The number of aryl methyl sites for hydroxylation is 1. The van der Waals surface area contributed by atoms with Gasteiger partial charge < -0.3 is 4.74 Å². The van der Waals surface area contributed by atoms with Gasteiger partial charge in [0.25, 0.3) is 10.1 Å². The van der Waals surface area contributed by atoms with Gasteiger partial charge in [0.2, 0.25) is 0 Å². The summed E-state index contributed by atoms with van der Waals surface area (Å²) in [5.41, 5.74) is 2.40. The van der Waals surface area contributed by atoms with Crippen LogP contribution in [0.25, 0.3) is 0 Å². The average molecular weight is 597 g/mol. The number of rotatable bonds is 3. The first-order valence-corrected chi connectivity index (χ1v) is 18.5. The third-order valence-corrected chi connectivity index (χ3v) is 17.0. The van der Waals surface area contributed by atoms with Gasteiger partial charge in [-0.05, 0) is 139 Å². The Balaban J connectivity index is 1.17. The number of ether oxygens (including phenoxy) is 1. The topological polar surface area (TPSA) is 52.6 Å². The van der Waals surface area contributed by atoms with Gasteiger partial charge in [0.15, 0.2) is 0 Å². The molecule has 42 heavy (non-hydrogen) atoms. The molecule has 0 amide bonds. The molecule has 1 aromatic carbocycles. The van der Waals surface area contributed by atoms with E-state index >= 15 is 0 Å². The molecule has 234 valence electrons. The number of hydrogen-bond acceptors (Lipinski definition) is 4. The number of benzene rings is 1. The molecule has 0 N–H and O–H groups in total. The third kappa shape index (κ3) is 3.80. The standard InChI is InChI=1S/C37H56O4S/c1-24-9-11-25(12-10-24)42(38,39)41-29-16-17-34(6)27(33(29,4)5)15-18-36(8)28(34)14-13-26-30-31-32(2,3)19-21-37(30,23-40-31)22-20-35(26,36)7/h9-12,26-31H,13-23H2,1-8H3/t26-,27+,28-,29?,30?,31?,34+,35-,36-,37-/m1/s1. The molecule has 4 nitrogen and oxygen atoms in total. The summed E-state index contributed by atoms with van der Waals surface area (Å²) >= 11 is 0. The number of hydrogen-bond donors (Lipinski definition) is 0. The molecule has 1 aliphatic heterocycles. The van der Waals surface area contributed by atoms with Gasteiger partial charge in [0.05, 0.1) is 23.7 Å². The van der Waals surface area contributed by atoms with Gasteiger partial charge in [-0.2, -0.15) is 8.42 Å². The van der Waals surface area contributed by atoms with E-state index in [1.54, 1.807) is 12.1 Å². The van der Waals surface area contributed by atoms with Crippen LogP contribution in [0.15, 0.2) is 29.2 Å². The molecule has 1 aromatic rings. The Kier molecular flexibility index (Phi) is 6.45. The molecule has 1 heterocycles. The first kappa shape index (κ1) is 29.8. The zero-order valence-corrected chi connectivity index (χ0v) is 28.4. The van der Waals surface area contributed by atoms with Crippen molar-refractivity contribution in [3.8, 4) is 0 Å². The summed E-state index contributed by atoms with van der Waals surface area (Å²) < 4.78 is 39.7. The van der Waals surface area contributed by atoms with E-state index in [9.17, 15) is 8.42 Å². The molecule has 3 unspecified atom stereocenters. The van der Waals surface area contributed by atoms with Gasteiger partial charge in [0, 0.05) is 0 Å². The molecule has 5 saturated carbocycles. The molecule has 0 spiro atoms. The van der Waals surface area contributed by atoms with Gasteiger partial charge in [-0.1, -0.05) is 66.2 Å². The maximum Gasteiger partial charge on any atom is 0.297 e. The van der Waals surface area contributed by atoms with Crippen LogP contribution >= 0.6 is 0 Å². The third-order valence-electron chi connectivity index (χ3n) is 15.6. The van der Waals surface area contributed by atoms with Gasteiger partial charge >= 0.3 is 0 Å². The van der Waals surface area contributed by atoms with E-state index in [4.69, 9.17) is 8.92 Å². The fourth-order valence-electron chi connectivity index (χ4n) is 13.0. The highest BCUT2D eigenvalue weighted by Gasteiger charge is 2.73. The lowest BCUT2D eigenvalue weighted by molar-refractivity contribution is -0.250. The molecule has 6 fully saturated rings. The summed E-state index contributed by atoms with van der Waals surface area (Å²) in [5, 5.41) is 0. The summed E-state index contributed by atoms with van der Waals surface area (Å²) in [5.74, 6) is 2.60. The van der Waals surface area contributed by atoms with E-state index in [2.05, 4.69) is 48.5 Å². The Hall–Kier alpha value is -0.910. The zero-order valence-electron chi connectivity index (χ0n) is 27.6. The summed E-state index contributed by atoms with van der Waals surface area (Å²) in [4.78, 5) is 0.276. The van der Waals surface area contributed by atoms with E-state index in [0.717, 1.165) is 36.8 Å². The van der Waals surface area contributed by atoms with E-state index < -0.39 is 10.1 Å². The highest BCUT2D eigenvalue weighted by molar-refractivity contribution is 7.86.